The van der Waals surface area contributed by atoms with Gasteiger partial charge in [-0.1, -0.05) is 18.2 Å². The van der Waals surface area contributed by atoms with Gasteiger partial charge in [0.05, 0.1) is 28.6 Å². The highest BCUT2D eigenvalue weighted by Gasteiger charge is 2.18. The van der Waals surface area contributed by atoms with E-state index in [1.54, 1.807) is 48.5 Å². The van der Waals surface area contributed by atoms with Crippen molar-refractivity contribution in [3.8, 4) is 17.4 Å². The number of benzene rings is 3. The van der Waals surface area contributed by atoms with E-state index in [2.05, 4.69) is 11.4 Å². The van der Waals surface area contributed by atoms with E-state index in [0.717, 1.165) is 11.1 Å². The van der Waals surface area contributed by atoms with Crippen LogP contribution in [-0.4, -0.2) is 11.1 Å². The minimum absolute atomic E-state index is 0.163. The van der Waals surface area contributed by atoms with E-state index in [0.29, 0.717) is 33.5 Å². The third kappa shape index (κ3) is 3.96. The van der Waals surface area contributed by atoms with Crippen molar-refractivity contribution < 1.29 is 14.3 Å². The fraction of sp³-hybridized carbons (Fsp3) is 0.115. The molecular weight excluding hydrogens is 404 g/mol. The molecule has 0 amide bonds. The second kappa shape index (κ2) is 8.40. The summed E-state index contributed by atoms with van der Waals surface area (Å²) in [6.45, 7) is 3.79. The lowest BCUT2D eigenvalue weighted by Gasteiger charge is -2.19. The molecule has 0 spiro atoms. The average molecular weight is 424 g/mol. The molecule has 2 N–H and O–H groups in total. The molecule has 0 bridgehead atoms. The molecule has 1 aromatic heterocycles. The van der Waals surface area contributed by atoms with E-state index in [1.807, 2.05) is 19.9 Å². The average Bonchev–Trinajstić information content (AvgIpc) is 2.79. The number of hydrogen-bond donors (Lipinski definition) is 2. The van der Waals surface area contributed by atoms with Crippen LogP contribution in [0.15, 0.2) is 75.9 Å². The second-order valence-electron chi connectivity index (χ2n) is 7.61. The molecule has 0 radical (unpaired) electrons. The zero-order valence-corrected chi connectivity index (χ0v) is 17.5. The maximum atomic E-state index is 12.9. The quantitative estimate of drug-likeness (QED) is 0.438. The lowest BCUT2D eigenvalue weighted by Crippen LogP contribution is -2.12. The first kappa shape index (κ1) is 20.9. The van der Waals surface area contributed by atoms with Gasteiger partial charge in [-0.25, -0.2) is 4.79 Å². The number of hydrogen-bond acceptors (Lipinski definition) is 5. The van der Waals surface area contributed by atoms with Crippen molar-refractivity contribution in [3.63, 3.8) is 0 Å². The van der Waals surface area contributed by atoms with E-state index < -0.39 is 5.97 Å². The molecule has 158 valence electrons. The van der Waals surface area contributed by atoms with E-state index in [4.69, 9.17) is 9.68 Å². The van der Waals surface area contributed by atoms with Gasteiger partial charge in [-0.3, -0.25) is 4.79 Å². The molecule has 0 fully saturated rings. The number of nitriles is 1. The Morgan fingerprint density at radius 2 is 1.81 bits per heavy atom. The largest absolute Gasteiger partial charge is 0.478 e. The summed E-state index contributed by atoms with van der Waals surface area (Å²) in [7, 11) is 0. The number of aromatic carboxylic acids is 1. The number of nitrogens with zero attached hydrogens (tertiary/aromatic N) is 1. The minimum Gasteiger partial charge on any atom is -0.478 e. The predicted molar refractivity (Wildman–Crippen MR) is 123 cm³/mol. The Hall–Kier alpha value is -4.37. The second-order valence-corrected chi connectivity index (χ2v) is 7.61. The summed E-state index contributed by atoms with van der Waals surface area (Å²) >= 11 is 0. The molecule has 0 aliphatic rings. The number of para-hydroxylation sites is 1. The zero-order chi connectivity index (χ0) is 22.8. The first-order valence-corrected chi connectivity index (χ1v) is 10.0. The molecule has 0 aliphatic heterocycles. The van der Waals surface area contributed by atoms with Crippen LogP contribution < -0.4 is 10.7 Å². The molecule has 32 heavy (non-hydrogen) atoms. The third-order valence-corrected chi connectivity index (χ3v) is 5.30. The highest BCUT2D eigenvalue weighted by Crippen LogP contribution is 2.31. The molecular formula is C26H20N2O4. The van der Waals surface area contributed by atoms with Crippen LogP contribution in [0.3, 0.4) is 0 Å². The molecule has 0 unspecified atom stereocenters. The van der Waals surface area contributed by atoms with Crippen molar-refractivity contribution in [2.24, 2.45) is 0 Å². The fourth-order valence-electron chi connectivity index (χ4n) is 3.71. The van der Waals surface area contributed by atoms with E-state index in [1.165, 1.54) is 12.1 Å². The Morgan fingerprint density at radius 1 is 1.09 bits per heavy atom. The Balaban J connectivity index is 1.83. The Labute approximate surface area is 184 Å². The molecule has 1 heterocycles. The molecule has 0 saturated carbocycles. The molecule has 4 rings (SSSR count). The molecule has 4 aromatic rings. The number of anilines is 1. The standard InChI is InChI=1S/C26H20N2O4/c1-15-11-20(16(2)28-22-6-4-3-5-19(22)26(30)31)25-21(12-15)23(29)13-24(32-25)18-9-7-17(14-27)8-10-18/h3-13,16,28H,1-2H3,(H,30,31)/t16-/m1/s1. The maximum Gasteiger partial charge on any atom is 0.337 e. The van der Waals surface area contributed by atoms with Crippen LogP contribution in [0.4, 0.5) is 5.69 Å². The summed E-state index contributed by atoms with van der Waals surface area (Å²) in [5.41, 5.74) is 3.75. The van der Waals surface area contributed by atoms with Crippen molar-refractivity contribution in [2.75, 3.05) is 5.32 Å². The zero-order valence-electron chi connectivity index (χ0n) is 17.5. The smallest absolute Gasteiger partial charge is 0.337 e. The van der Waals surface area contributed by atoms with Gasteiger partial charge < -0.3 is 14.8 Å². The number of carboxylic acid groups (broad SMARTS) is 1. The Kier molecular flexibility index (Phi) is 5.48. The van der Waals surface area contributed by atoms with Gasteiger partial charge in [-0.2, -0.15) is 5.26 Å². The van der Waals surface area contributed by atoms with Crippen LogP contribution in [0.25, 0.3) is 22.3 Å². The van der Waals surface area contributed by atoms with Gasteiger partial charge in [0.2, 0.25) is 0 Å². The summed E-state index contributed by atoms with van der Waals surface area (Å²) in [6.07, 6.45) is 0. The van der Waals surface area contributed by atoms with Crippen LogP contribution in [0.2, 0.25) is 0 Å². The van der Waals surface area contributed by atoms with Gasteiger partial charge in [0.1, 0.15) is 11.3 Å². The topological polar surface area (TPSA) is 103 Å². The van der Waals surface area contributed by atoms with Gasteiger partial charge in [0.25, 0.3) is 0 Å². The summed E-state index contributed by atoms with van der Waals surface area (Å²) in [4.78, 5) is 24.5. The summed E-state index contributed by atoms with van der Waals surface area (Å²) in [5, 5.41) is 22.2. The van der Waals surface area contributed by atoms with Crippen LogP contribution in [0.1, 0.15) is 40.0 Å². The monoisotopic (exact) mass is 424 g/mol. The van der Waals surface area contributed by atoms with Gasteiger partial charge in [0.15, 0.2) is 5.43 Å². The summed E-state index contributed by atoms with van der Waals surface area (Å²) in [5.74, 6) is -0.626. The molecule has 6 nitrogen and oxygen atoms in total. The van der Waals surface area contributed by atoms with Gasteiger partial charge in [-0.15, -0.1) is 0 Å². The molecule has 0 saturated heterocycles. The summed E-state index contributed by atoms with van der Waals surface area (Å²) < 4.78 is 6.19. The first-order valence-electron chi connectivity index (χ1n) is 10.0. The molecule has 1 atom stereocenters. The number of carbonyl (C=O) groups is 1. The number of carboxylic acids is 1. The minimum atomic E-state index is -1.02. The van der Waals surface area contributed by atoms with E-state index in [9.17, 15) is 14.7 Å². The van der Waals surface area contributed by atoms with Gasteiger partial charge in [-0.05, 0) is 61.9 Å². The molecule has 0 aliphatic carbocycles. The molecule has 6 heteroatoms. The highest BCUT2D eigenvalue weighted by molar-refractivity contribution is 5.94. The van der Waals surface area contributed by atoms with Gasteiger partial charge in [0, 0.05) is 22.9 Å². The van der Waals surface area contributed by atoms with Crippen molar-refractivity contribution in [3.05, 3.63) is 99.2 Å². The first-order chi connectivity index (χ1) is 15.4. The lowest BCUT2D eigenvalue weighted by atomic mass is 10.00. The van der Waals surface area contributed by atoms with E-state index >= 15 is 0 Å². The predicted octanol–water partition coefficient (Wildman–Crippen LogP) is 5.51. The third-order valence-electron chi connectivity index (χ3n) is 5.30. The number of nitrogens with one attached hydrogen (secondary N) is 1. The van der Waals surface area contributed by atoms with Crippen LogP contribution >= 0.6 is 0 Å². The van der Waals surface area contributed by atoms with Crippen LogP contribution in [0, 0.1) is 18.3 Å². The number of rotatable bonds is 5. The normalized spacial score (nSPS) is 11.7. The molecule has 3 aromatic carbocycles. The van der Waals surface area contributed by atoms with Gasteiger partial charge >= 0.3 is 5.97 Å². The van der Waals surface area contributed by atoms with Crippen molar-refractivity contribution >= 4 is 22.6 Å². The lowest BCUT2D eigenvalue weighted by molar-refractivity contribution is 0.0698. The fourth-order valence-corrected chi connectivity index (χ4v) is 3.71. The van der Waals surface area contributed by atoms with E-state index in [-0.39, 0.29) is 17.0 Å². The van der Waals surface area contributed by atoms with Crippen molar-refractivity contribution in [2.45, 2.75) is 19.9 Å². The van der Waals surface area contributed by atoms with Crippen molar-refractivity contribution in [1.82, 2.24) is 0 Å². The number of fused-ring (bicyclic) bond motifs is 1. The Bertz CT molecular complexity index is 1430. The summed E-state index contributed by atoms with van der Waals surface area (Å²) in [6, 6.07) is 20.4. The van der Waals surface area contributed by atoms with Crippen LogP contribution in [0.5, 0.6) is 0 Å². The van der Waals surface area contributed by atoms with Crippen molar-refractivity contribution in [1.29, 1.82) is 5.26 Å². The Morgan fingerprint density at radius 3 is 2.50 bits per heavy atom. The highest BCUT2D eigenvalue weighted by atomic mass is 16.4. The van der Waals surface area contributed by atoms with Crippen LogP contribution in [-0.2, 0) is 0 Å². The SMILES string of the molecule is Cc1cc([C@@H](C)Nc2ccccc2C(=O)O)c2oc(-c3ccc(C#N)cc3)cc(=O)c2c1. The number of aryl methyl sites for hydroxylation is 1. The maximum absolute atomic E-state index is 12.9.